The van der Waals surface area contributed by atoms with Gasteiger partial charge in [-0.05, 0) is 56.1 Å². The van der Waals surface area contributed by atoms with Crippen molar-refractivity contribution in [3.05, 3.63) is 23.8 Å². The van der Waals surface area contributed by atoms with E-state index in [1.165, 1.54) is 7.11 Å². The summed E-state index contributed by atoms with van der Waals surface area (Å²) in [5.74, 6) is -0.192. The van der Waals surface area contributed by atoms with Gasteiger partial charge in [-0.3, -0.25) is 4.79 Å². The number of esters is 1. The number of carbonyl (C=O) groups excluding carboxylic acids is 2. The molecule has 4 aliphatic rings. The molecule has 0 spiro atoms. The third-order valence-corrected chi connectivity index (χ3v) is 8.17. The van der Waals surface area contributed by atoms with Crippen molar-refractivity contribution in [3.63, 3.8) is 0 Å². The van der Waals surface area contributed by atoms with Gasteiger partial charge in [-0.2, -0.15) is 0 Å². The van der Waals surface area contributed by atoms with Gasteiger partial charge in [0.1, 0.15) is 0 Å². The Bertz CT molecular complexity index is 724. The Morgan fingerprint density at radius 1 is 1.31 bits per heavy atom. The van der Waals surface area contributed by atoms with E-state index in [0.717, 1.165) is 24.8 Å². The Kier molecular flexibility index (Phi) is 3.81. The Morgan fingerprint density at radius 2 is 2.04 bits per heavy atom. The van der Waals surface area contributed by atoms with Gasteiger partial charge in [-0.25, -0.2) is 4.79 Å². The van der Waals surface area contributed by atoms with Crippen LogP contribution in [0.2, 0.25) is 0 Å². The van der Waals surface area contributed by atoms with Crippen molar-refractivity contribution in [1.29, 1.82) is 0 Å². The fourth-order valence-corrected chi connectivity index (χ4v) is 6.83. The predicted molar refractivity (Wildman–Crippen MR) is 95.0 cm³/mol. The Morgan fingerprint density at radius 3 is 2.73 bits per heavy atom. The first-order valence-electron chi connectivity index (χ1n) is 9.60. The molecule has 0 saturated heterocycles. The molecule has 4 rings (SSSR count). The van der Waals surface area contributed by atoms with E-state index >= 15 is 0 Å². The minimum absolute atomic E-state index is 0.00456. The van der Waals surface area contributed by atoms with Gasteiger partial charge in [0.25, 0.3) is 0 Å². The summed E-state index contributed by atoms with van der Waals surface area (Å²) >= 11 is 0. The molecule has 0 bridgehead atoms. The van der Waals surface area contributed by atoms with E-state index < -0.39 is 23.1 Å². The molecular weight excluding hydrogens is 332 g/mol. The lowest BCUT2D eigenvalue weighted by molar-refractivity contribution is -0.194. The molecule has 0 aromatic rings. The van der Waals surface area contributed by atoms with Gasteiger partial charge in [-0.15, -0.1) is 0 Å². The average molecular weight is 360 g/mol. The van der Waals surface area contributed by atoms with E-state index in [1.807, 2.05) is 13.0 Å². The molecule has 3 saturated carbocycles. The lowest BCUT2D eigenvalue weighted by Crippen LogP contribution is -2.61. The second-order valence-corrected chi connectivity index (χ2v) is 9.10. The third-order valence-electron chi connectivity index (χ3n) is 8.17. The maximum atomic E-state index is 12.4. The summed E-state index contributed by atoms with van der Waals surface area (Å²) in [5.41, 5.74) is -1.45. The summed E-state index contributed by atoms with van der Waals surface area (Å²) in [6.45, 7) is 4.06. The molecule has 0 aromatic carbocycles. The van der Waals surface area contributed by atoms with Gasteiger partial charge in [0.15, 0.2) is 11.4 Å². The smallest absolute Gasteiger partial charge is 0.338 e. The number of ketones is 1. The number of hydrogen-bond donors (Lipinski definition) is 2. The highest BCUT2D eigenvalue weighted by Gasteiger charge is 2.68. The molecule has 0 aromatic heterocycles. The first-order valence-corrected chi connectivity index (χ1v) is 9.60. The molecule has 2 N–H and O–H groups in total. The molecule has 0 radical (unpaired) electrons. The Balaban J connectivity index is 1.75. The number of rotatable bonds is 1. The van der Waals surface area contributed by atoms with Crippen molar-refractivity contribution in [3.8, 4) is 0 Å². The molecule has 0 aliphatic heterocycles. The van der Waals surface area contributed by atoms with Gasteiger partial charge < -0.3 is 14.9 Å². The van der Waals surface area contributed by atoms with E-state index in [4.69, 9.17) is 4.74 Å². The standard InChI is InChI=1S/C21H28O5/c1-19-8-6-13(22)10-12(19)4-5-14-15-7-9-21(25,18(24)26-3)20(15,2)11-16(23)17(14)19/h6,8,10,14-17,23,25H,4-5,7,9,11H2,1-3H3/t14-,15-,16-,17+,19-,20-,21-/m0/s1. The zero-order valence-corrected chi connectivity index (χ0v) is 15.7. The van der Waals surface area contributed by atoms with Crippen LogP contribution in [0.3, 0.4) is 0 Å². The van der Waals surface area contributed by atoms with Gasteiger partial charge in [0.05, 0.1) is 13.2 Å². The zero-order valence-electron chi connectivity index (χ0n) is 15.7. The maximum Gasteiger partial charge on any atom is 0.338 e. The van der Waals surface area contributed by atoms with Gasteiger partial charge in [-0.1, -0.05) is 25.5 Å². The predicted octanol–water partition coefficient (Wildman–Crippen LogP) is 2.17. The highest BCUT2D eigenvalue weighted by Crippen LogP contribution is 2.67. The first kappa shape index (κ1) is 17.9. The van der Waals surface area contributed by atoms with E-state index in [1.54, 1.807) is 12.2 Å². The highest BCUT2D eigenvalue weighted by molar-refractivity contribution is 6.01. The summed E-state index contributed by atoms with van der Waals surface area (Å²) in [4.78, 5) is 24.2. The molecule has 0 unspecified atom stereocenters. The van der Waals surface area contributed by atoms with Crippen molar-refractivity contribution >= 4 is 11.8 Å². The van der Waals surface area contributed by atoms with Crippen molar-refractivity contribution in [2.75, 3.05) is 7.11 Å². The summed E-state index contributed by atoms with van der Waals surface area (Å²) in [6, 6.07) is 0. The topological polar surface area (TPSA) is 83.8 Å². The molecule has 0 amide bonds. The van der Waals surface area contributed by atoms with Crippen LogP contribution in [0.5, 0.6) is 0 Å². The SMILES string of the molecule is COC(=O)[C@@]1(O)CC[C@H]2[C@@H]3CCC4=CC(=O)C=C[C@]4(C)[C@H]3[C@@H](O)C[C@@]21C. The van der Waals surface area contributed by atoms with Crippen LogP contribution >= 0.6 is 0 Å². The number of methoxy groups -OCH3 is 1. The average Bonchev–Trinajstić information content (AvgIpc) is 2.86. The second kappa shape index (κ2) is 5.52. The number of carbonyl (C=O) groups is 2. The van der Waals surface area contributed by atoms with Crippen LogP contribution in [0, 0.1) is 28.6 Å². The lowest BCUT2D eigenvalue weighted by atomic mass is 9.46. The van der Waals surface area contributed by atoms with Crippen LogP contribution in [0.4, 0.5) is 0 Å². The summed E-state index contributed by atoms with van der Waals surface area (Å²) in [6.07, 6.45) is 7.89. The lowest BCUT2D eigenvalue weighted by Gasteiger charge is -2.59. The summed E-state index contributed by atoms with van der Waals surface area (Å²) < 4.78 is 4.91. The van der Waals surface area contributed by atoms with Gasteiger partial charge in [0.2, 0.25) is 0 Å². The molecule has 7 atom stereocenters. The number of aliphatic hydroxyl groups excluding tert-OH is 1. The first-order chi connectivity index (χ1) is 12.2. The monoisotopic (exact) mass is 360 g/mol. The van der Waals surface area contributed by atoms with Crippen molar-refractivity contribution < 1.29 is 24.5 Å². The van der Waals surface area contributed by atoms with Crippen molar-refractivity contribution in [2.45, 2.75) is 57.7 Å². The second-order valence-electron chi connectivity index (χ2n) is 9.10. The van der Waals surface area contributed by atoms with Gasteiger partial charge >= 0.3 is 5.97 Å². The molecular formula is C21H28O5. The zero-order chi connectivity index (χ0) is 18.9. The molecule has 5 nitrogen and oxygen atoms in total. The van der Waals surface area contributed by atoms with Crippen LogP contribution in [0.25, 0.3) is 0 Å². The molecule has 4 aliphatic carbocycles. The van der Waals surface area contributed by atoms with Crippen molar-refractivity contribution in [1.82, 2.24) is 0 Å². The number of fused-ring (bicyclic) bond motifs is 5. The fraction of sp³-hybridized carbons (Fsp3) is 0.714. The third kappa shape index (κ3) is 2.04. The van der Waals surface area contributed by atoms with E-state index in [0.29, 0.717) is 12.8 Å². The molecule has 5 heteroatoms. The van der Waals surface area contributed by atoms with E-state index in [2.05, 4.69) is 6.92 Å². The van der Waals surface area contributed by atoms with Crippen LogP contribution in [0.15, 0.2) is 23.8 Å². The van der Waals surface area contributed by atoms with Gasteiger partial charge in [0, 0.05) is 16.7 Å². The van der Waals surface area contributed by atoms with Crippen LogP contribution < -0.4 is 0 Å². The summed E-state index contributed by atoms with van der Waals surface area (Å²) in [7, 11) is 1.31. The number of aliphatic hydroxyl groups is 2. The maximum absolute atomic E-state index is 12.4. The summed E-state index contributed by atoms with van der Waals surface area (Å²) in [5, 5.41) is 22.4. The molecule has 142 valence electrons. The fourth-order valence-electron chi connectivity index (χ4n) is 6.83. The Hall–Kier alpha value is -1.46. The highest BCUT2D eigenvalue weighted by atomic mass is 16.5. The minimum atomic E-state index is -1.53. The Labute approximate surface area is 154 Å². The van der Waals surface area contributed by atoms with Crippen LogP contribution in [-0.2, 0) is 14.3 Å². The number of allylic oxidation sites excluding steroid dienone is 4. The molecule has 0 heterocycles. The quantitative estimate of drug-likeness (QED) is 0.700. The van der Waals surface area contributed by atoms with Crippen molar-refractivity contribution in [2.24, 2.45) is 28.6 Å². The normalized spacial score (nSPS) is 49.7. The van der Waals surface area contributed by atoms with Crippen LogP contribution in [0.1, 0.15) is 46.0 Å². The largest absolute Gasteiger partial charge is 0.467 e. The van der Waals surface area contributed by atoms with Crippen LogP contribution in [-0.4, -0.2) is 40.8 Å². The molecule has 26 heavy (non-hydrogen) atoms. The number of hydrogen-bond acceptors (Lipinski definition) is 5. The van der Waals surface area contributed by atoms with E-state index in [-0.39, 0.29) is 29.0 Å². The number of ether oxygens (including phenoxy) is 1. The minimum Gasteiger partial charge on any atom is -0.467 e. The van der Waals surface area contributed by atoms with E-state index in [9.17, 15) is 19.8 Å². The molecule has 3 fully saturated rings.